The molecule has 2 heterocycles. The van der Waals surface area contributed by atoms with E-state index in [9.17, 15) is 9.59 Å². The Balaban J connectivity index is 2.28. The molecular formula is C10H12N2O3. The van der Waals surface area contributed by atoms with Crippen LogP contribution in [0.3, 0.4) is 0 Å². The van der Waals surface area contributed by atoms with Crippen molar-refractivity contribution in [3.8, 4) is 0 Å². The smallest absolute Gasteiger partial charge is 0.330 e. The van der Waals surface area contributed by atoms with E-state index in [-0.39, 0.29) is 12.3 Å². The van der Waals surface area contributed by atoms with Gasteiger partial charge in [-0.15, -0.1) is 6.58 Å². The molecule has 5 nitrogen and oxygen atoms in total. The first-order chi connectivity index (χ1) is 7.20. The normalized spacial score (nSPS) is 25.3. The lowest BCUT2D eigenvalue weighted by molar-refractivity contribution is 0.0204. The molecule has 0 aliphatic carbocycles. The predicted molar refractivity (Wildman–Crippen MR) is 54.7 cm³/mol. The van der Waals surface area contributed by atoms with Gasteiger partial charge in [-0.05, 0) is 12.8 Å². The highest BCUT2D eigenvalue weighted by molar-refractivity contribution is 4.89. The van der Waals surface area contributed by atoms with Gasteiger partial charge in [0.05, 0.1) is 6.10 Å². The van der Waals surface area contributed by atoms with E-state index >= 15 is 0 Å². The Bertz CT molecular complexity index is 474. The Morgan fingerprint density at radius 3 is 2.93 bits per heavy atom. The van der Waals surface area contributed by atoms with Gasteiger partial charge in [-0.2, -0.15) is 0 Å². The van der Waals surface area contributed by atoms with Crippen LogP contribution < -0.4 is 11.2 Å². The topological polar surface area (TPSA) is 64.1 Å². The second-order valence-corrected chi connectivity index (χ2v) is 3.46. The fraction of sp³-hybridized carbons (Fsp3) is 0.400. The lowest BCUT2D eigenvalue weighted by Crippen LogP contribution is -2.31. The fourth-order valence-electron chi connectivity index (χ4n) is 1.68. The number of nitrogens with one attached hydrogen (secondary N) is 1. The summed E-state index contributed by atoms with van der Waals surface area (Å²) in [5, 5.41) is 0. The van der Waals surface area contributed by atoms with E-state index in [2.05, 4.69) is 11.6 Å². The molecule has 1 saturated heterocycles. The van der Waals surface area contributed by atoms with Gasteiger partial charge in [-0.25, -0.2) is 4.79 Å². The highest BCUT2D eigenvalue weighted by Crippen LogP contribution is 2.26. The van der Waals surface area contributed by atoms with E-state index in [1.54, 1.807) is 6.08 Å². The van der Waals surface area contributed by atoms with E-state index in [0.717, 1.165) is 12.8 Å². The molecule has 1 aromatic heterocycles. The molecular weight excluding hydrogens is 196 g/mol. The second kappa shape index (κ2) is 3.86. The van der Waals surface area contributed by atoms with Crippen molar-refractivity contribution in [1.29, 1.82) is 0 Å². The Hall–Kier alpha value is -1.62. The maximum atomic E-state index is 11.4. The summed E-state index contributed by atoms with van der Waals surface area (Å²) in [7, 11) is 0. The van der Waals surface area contributed by atoms with Crippen molar-refractivity contribution in [3.63, 3.8) is 0 Å². The van der Waals surface area contributed by atoms with Crippen molar-refractivity contribution in [1.82, 2.24) is 9.55 Å². The lowest BCUT2D eigenvalue weighted by Gasteiger charge is -2.13. The van der Waals surface area contributed by atoms with E-state index in [4.69, 9.17) is 4.74 Å². The summed E-state index contributed by atoms with van der Waals surface area (Å²) in [4.78, 5) is 24.5. The number of rotatable bonds is 2. The minimum absolute atomic E-state index is 0.00571. The molecule has 0 radical (unpaired) electrons. The van der Waals surface area contributed by atoms with Crippen LogP contribution in [0.5, 0.6) is 0 Å². The van der Waals surface area contributed by atoms with Gasteiger partial charge in [0.15, 0.2) is 0 Å². The maximum absolute atomic E-state index is 11.4. The van der Waals surface area contributed by atoms with Gasteiger partial charge in [-0.3, -0.25) is 14.3 Å². The molecule has 0 saturated carbocycles. The standard InChI is InChI=1S/C10H12N2O3/c1-2-7-3-4-9(15-7)12-6-5-8(13)11-10(12)14/h2,5-7,9H,1,3-4H2,(H,11,13,14). The number of nitrogens with zero attached hydrogens (tertiary/aromatic N) is 1. The summed E-state index contributed by atoms with van der Waals surface area (Å²) in [6.45, 7) is 3.64. The number of hydrogen-bond donors (Lipinski definition) is 1. The van der Waals surface area contributed by atoms with Crippen molar-refractivity contribution < 1.29 is 4.74 Å². The Morgan fingerprint density at radius 2 is 2.33 bits per heavy atom. The molecule has 1 aliphatic heterocycles. The molecule has 1 aromatic rings. The minimum Gasteiger partial charge on any atom is -0.351 e. The van der Waals surface area contributed by atoms with Crippen molar-refractivity contribution in [2.75, 3.05) is 0 Å². The van der Waals surface area contributed by atoms with Crippen LogP contribution in [-0.2, 0) is 4.74 Å². The van der Waals surface area contributed by atoms with Crippen molar-refractivity contribution in [3.05, 3.63) is 45.8 Å². The molecule has 1 aliphatic rings. The molecule has 15 heavy (non-hydrogen) atoms. The molecule has 0 bridgehead atoms. The lowest BCUT2D eigenvalue weighted by atomic mass is 10.2. The van der Waals surface area contributed by atoms with Gasteiger partial charge in [0.1, 0.15) is 6.23 Å². The average Bonchev–Trinajstić information content (AvgIpc) is 2.66. The van der Waals surface area contributed by atoms with E-state index in [1.165, 1.54) is 16.8 Å². The molecule has 2 unspecified atom stereocenters. The summed E-state index contributed by atoms with van der Waals surface area (Å²) in [5.74, 6) is 0. The van der Waals surface area contributed by atoms with E-state index in [0.29, 0.717) is 0 Å². The van der Waals surface area contributed by atoms with Crippen LogP contribution in [0, 0.1) is 0 Å². The van der Waals surface area contributed by atoms with Gasteiger partial charge in [-0.1, -0.05) is 6.08 Å². The second-order valence-electron chi connectivity index (χ2n) is 3.46. The van der Waals surface area contributed by atoms with E-state index < -0.39 is 11.2 Å². The first-order valence-corrected chi connectivity index (χ1v) is 4.80. The van der Waals surface area contributed by atoms with Crippen molar-refractivity contribution in [2.45, 2.75) is 25.2 Å². The van der Waals surface area contributed by atoms with Crippen LogP contribution in [0.2, 0.25) is 0 Å². The first-order valence-electron chi connectivity index (χ1n) is 4.80. The number of aromatic amines is 1. The van der Waals surface area contributed by atoms with Gasteiger partial charge < -0.3 is 4.74 Å². The molecule has 2 rings (SSSR count). The summed E-state index contributed by atoms with van der Waals surface area (Å²) < 4.78 is 6.93. The fourth-order valence-corrected chi connectivity index (χ4v) is 1.68. The third-order valence-corrected chi connectivity index (χ3v) is 2.45. The van der Waals surface area contributed by atoms with Crippen molar-refractivity contribution >= 4 is 0 Å². The third-order valence-electron chi connectivity index (χ3n) is 2.45. The SMILES string of the molecule is C=CC1CCC(n2ccc(=O)[nH]c2=O)O1. The molecule has 80 valence electrons. The van der Waals surface area contributed by atoms with Crippen LogP contribution in [-0.4, -0.2) is 15.7 Å². The van der Waals surface area contributed by atoms with E-state index in [1.807, 2.05) is 0 Å². The minimum atomic E-state index is -0.433. The van der Waals surface area contributed by atoms with Crippen LogP contribution in [0.1, 0.15) is 19.1 Å². The highest BCUT2D eigenvalue weighted by atomic mass is 16.5. The zero-order chi connectivity index (χ0) is 10.8. The molecule has 1 N–H and O–H groups in total. The van der Waals surface area contributed by atoms with Crippen LogP contribution >= 0.6 is 0 Å². The first kappa shape index (κ1) is 9.92. The zero-order valence-corrected chi connectivity index (χ0v) is 8.18. The largest absolute Gasteiger partial charge is 0.351 e. The summed E-state index contributed by atoms with van der Waals surface area (Å²) >= 11 is 0. The van der Waals surface area contributed by atoms with Gasteiger partial charge in [0.25, 0.3) is 5.56 Å². The van der Waals surface area contributed by atoms with Gasteiger partial charge in [0, 0.05) is 12.3 Å². The monoisotopic (exact) mass is 208 g/mol. The molecule has 0 spiro atoms. The number of ether oxygens (including phenoxy) is 1. The third kappa shape index (κ3) is 1.92. The molecule has 1 fully saturated rings. The van der Waals surface area contributed by atoms with Crippen LogP contribution in [0.25, 0.3) is 0 Å². The quantitative estimate of drug-likeness (QED) is 0.715. The molecule has 0 aromatic carbocycles. The zero-order valence-electron chi connectivity index (χ0n) is 8.18. The molecule has 5 heteroatoms. The van der Waals surface area contributed by atoms with Crippen LogP contribution in [0.4, 0.5) is 0 Å². The summed E-state index contributed by atoms with van der Waals surface area (Å²) in [6, 6.07) is 1.31. The number of H-pyrrole nitrogens is 1. The number of aromatic nitrogens is 2. The predicted octanol–water partition coefficient (Wildman–Crippen LogP) is 0.400. The summed E-state index contributed by atoms with van der Waals surface area (Å²) in [5.41, 5.74) is -0.827. The maximum Gasteiger partial charge on any atom is 0.330 e. The molecule has 2 atom stereocenters. The molecule has 0 amide bonds. The Labute approximate surface area is 86.0 Å². The van der Waals surface area contributed by atoms with Gasteiger partial charge >= 0.3 is 5.69 Å². The average molecular weight is 208 g/mol. The van der Waals surface area contributed by atoms with Crippen LogP contribution in [0.15, 0.2) is 34.5 Å². The van der Waals surface area contributed by atoms with Crippen molar-refractivity contribution in [2.24, 2.45) is 0 Å². The Kier molecular flexibility index (Phi) is 2.55. The summed E-state index contributed by atoms with van der Waals surface area (Å²) in [6.07, 6.45) is 4.47. The highest BCUT2D eigenvalue weighted by Gasteiger charge is 2.24. The van der Waals surface area contributed by atoms with Gasteiger partial charge in [0.2, 0.25) is 0 Å². The number of hydrogen-bond acceptors (Lipinski definition) is 3. The Morgan fingerprint density at radius 1 is 1.53 bits per heavy atom.